The van der Waals surface area contributed by atoms with E-state index >= 15 is 0 Å². The third kappa shape index (κ3) is 7.73. The maximum Gasteiger partial charge on any atom is 0.339 e. The summed E-state index contributed by atoms with van der Waals surface area (Å²) >= 11 is 0. The molecule has 3 rings (SSSR count). The summed E-state index contributed by atoms with van der Waals surface area (Å²) in [4.78, 5) is 38.0. The van der Waals surface area contributed by atoms with Crippen molar-refractivity contribution in [3.8, 4) is 11.5 Å². The number of rotatable bonds is 11. The van der Waals surface area contributed by atoms with Gasteiger partial charge in [0.2, 0.25) is 5.91 Å². The highest BCUT2D eigenvalue weighted by Crippen LogP contribution is 2.26. The van der Waals surface area contributed by atoms with Crippen molar-refractivity contribution < 1.29 is 29.0 Å². The van der Waals surface area contributed by atoms with Crippen molar-refractivity contribution in [2.24, 2.45) is 0 Å². The number of hydrogen-bond donors (Lipinski definition) is 3. The van der Waals surface area contributed by atoms with Gasteiger partial charge in [-0.05, 0) is 54.8 Å². The van der Waals surface area contributed by atoms with Gasteiger partial charge in [-0.25, -0.2) is 9.59 Å². The molecule has 0 atom stereocenters. The molecule has 0 aliphatic heterocycles. The number of amides is 3. The van der Waals surface area contributed by atoms with Gasteiger partial charge in [0, 0.05) is 19.3 Å². The first-order valence-corrected chi connectivity index (χ1v) is 11.8. The quantitative estimate of drug-likeness (QED) is 0.322. The van der Waals surface area contributed by atoms with Crippen molar-refractivity contribution >= 4 is 29.3 Å². The van der Waals surface area contributed by atoms with E-state index in [0.717, 1.165) is 11.1 Å². The van der Waals surface area contributed by atoms with Gasteiger partial charge in [0.25, 0.3) is 0 Å². The van der Waals surface area contributed by atoms with E-state index in [1.165, 1.54) is 13.2 Å². The SMILES string of the molecule is COc1cc(CC(=O)N(C)CCCOc2ccccc2C(=O)O)ccc1NC(=O)Nc1ccccc1C. The highest BCUT2D eigenvalue weighted by molar-refractivity contribution is 6.01. The van der Waals surface area contributed by atoms with E-state index in [-0.39, 0.29) is 24.5 Å². The second-order valence-electron chi connectivity index (χ2n) is 8.42. The van der Waals surface area contributed by atoms with Gasteiger partial charge in [-0.3, -0.25) is 4.79 Å². The molecule has 3 aromatic carbocycles. The molecule has 0 saturated carbocycles. The number of hydrogen-bond acceptors (Lipinski definition) is 5. The Morgan fingerprint density at radius 1 is 0.919 bits per heavy atom. The fraction of sp³-hybridized carbons (Fsp3) is 0.250. The summed E-state index contributed by atoms with van der Waals surface area (Å²) in [5, 5.41) is 14.8. The molecule has 9 heteroatoms. The van der Waals surface area contributed by atoms with Crippen molar-refractivity contribution in [3.63, 3.8) is 0 Å². The van der Waals surface area contributed by atoms with E-state index in [2.05, 4.69) is 10.6 Å². The minimum atomic E-state index is -1.05. The maximum atomic E-state index is 12.7. The minimum Gasteiger partial charge on any atom is -0.495 e. The van der Waals surface area contributed by atoms with E-state index in [1.807, 2.05) is 31.2 Å². The van der Waals surface area contributed by atoms with Gasteiger partial charge >= 0.3 is 12.0 Å². The number of nitrogens with one attached hydrogen (secondary N) is 2. The first-order valence-electron chi connectivity index (χ1n) is 11.8. The first-order chi connectivity index (χ1) is 17.8. The van der Waals surface area contributed by atoms with Crippen LogP contribution in [0.4, 0.5) is 16.2 Å². The molecule has 37 heavy (non-hydrogen) atoms. The summed E-state index contributed by atoms with van der Waals surface area (Å²) in [7, 11) is 3.20. The molecule has 0 heterocycles. The lowest BCUT2D eigenvalue weighted by molar-refractivity contribution is -0.129. The van der Waals surface area contributed by atoms with Crippen LogP contribution in [0, 0.1) is 6.92 Å². The van der Waals surface area contributed by atoms with Gasteiger partial charge in [0.15, 0.2) is 0 Å². The van der Waals surface area contributed by atoms with Gasteiger partial charge in [-0.1, -0.05) is 36.4 Å². The van der Waals surface area contributed by atoms with E-state index < -0.39 is 12.0 Å². The predicted octanol–water partition coefficient (Wildman–Crippen LogP) is 4.82. The molecule has 0 aliphatic carbocycles. The number of carbonyl (C=O) groups is 3. The highest BCUT2D eigenvalue weighted by Gasteiger charge is 2.14. The molecule has 194 valence electrons. The number of aryl methyl sites for hydroxylation is 1. The summed E-state index contributed by atoms with van der Waals surface area (Å²) in [6.45, 7) is 2.63. The molecule has 3 N–H and O–H groups in total. The van der Waals surface area contributed by atoms with Crippen LogP contribution in [0.25, 0.3) is 0 Å². The van der Waals surface area contributed by atoms with Gasteiger partial charge in [-0.2, -0.15) is 0 Å². The average Bonchev–Trinajstić information content (AvgIpc) is 2.88. The van der Waals surface area contributed by atoms with Crippen LogP contribution in [-0.2, 0) is 11.2 Å². The standard InChI is InChI=1S/C28H31N3O6/c1-19-9-4-6-11-22(19)29-28(35)30-23-14-13-20(17-25(23)36-3)18-26(32)31(2)15-8-16-37-24-12-7-5-10-21(24)27(33)34/h4-7,9-14,17H,8,15-16,18H2,1-3H3,(H,33,34)(H2,29,30,35). The Morgan fingerprint density at radius 2 is 1.62 bits per heavy atom. The minimum absolute atomic E-state index is 0.0917. The van der Waals surface area contributed by atoms with Crippen LogP contribution in [0.3, 0.4) is 0 Å². The second-order valence-corrected chi connectivity index (χ2v) is 8.42. The Balaban J connectivity index is 1.50. The number of aromatic carboxylic acids is 1. The molecular weight excluding hydrogens is 474 g/mol. The highest BCUT2D eigenvalue weighted by atomic mass is 16.5. The number of benzene rings is 3. The molecule has 0 aromatic heterocycles. The molecule has 0 spiro atoms. The van der Waals surface area contributed by atoms with Gasteiger partial charge in [0.05, 0.1) is 25.8 Å². The van der Waals surface area contributed by atoms with Crippen LogP contribution in [0.5, 0.6) is 11.5 Å². The zero-order valence-corrected chi connectivity index (χ0v) is 21.1. The number of para-hydroxylation sites is 2. The van der Waals surface area contributed by atoms with Crippen molar-refractivity contribution in [2.45, 2.75) is 19.8 Å². The monoisotopic (exact) mass is 505 g/mol. The van der Waals surface area contributed by atoms with Crippen molar-refractivity contribution in [1.82, 2.24) is 4.90 Å². The molecular formula is C28H31N3O6. The van der Waals surface area contributed by atoms with Crippen molar-refractivity contribution in [3.05, 3.63) is 83.4 Å². The normalized spacial score (nSPS) is 10.4. The Kier molecular flexibility index (Phi) is 9.48. The zero-order chi connectivity index (χ0) is 26.8. The van der Waals surface area contributed by atoms with Crippen LogP contribution in [-0.4, -0.2) is 55.2 Å². The molecule has 0 aliphatic rings. The van der Waals surface area contributed by atoms with E-state index in [1.54, 1.807) is 48.3 Å². The second kappa shape index (κ2) is 13.0. The molecule has 0 saturated heterocycles. The number of nitrogens with zero attached hydrogens (tertiary/aromatic N) is 1. The number of likely N-dealkylation sites (N-methyl/N-ethyl adjacent to an activating group) is 1. The fourth-order valence-electron chi connectivity index (χ4n) is 3.63. The largest absolute Gasteiger partial charge is 0.495 e. The molecule has 9 nitrogen and oxygen atoms in total. The average molecular weight is 506 g/mol. The molecule has 3 amide bonds. The van der Waals surface area contributed by atoms with Crippen LogP contribution in [0.1, 0.15) is 27.9 Å². The number of methoxy groups -OCH3 is 1. The molecule has 0 bridgehead atoms. The first kappa shape index (κ1) is 27.1. The van der Waals surface area contributed by atoms with Crippen molar-refractivity contribution in [2.75, 3.05) is 37.9 Å². The smallest absolute Gasteiger partial charge is 0.339 e. The van der Waals surface area contributed by atoms with E-state index in [4.69, 9.17) is 9.47 Å². The fourth-order valence-corrected chi connectivity index (χ4v) is 3.63. The maximum absolute atomic E-state index is 12.7. The van der Waals surface area contributed by atoms with E-state index in [9.17, 15) is 19.5 Å². The molecule has 0 radical (unpaired) electrons. The van der Waals surface area contributed by atoms with Crippen LogP contribution < -0.4 is 20.1 Å². The van der Waals surface area contributed by atoms with Gasteiger partial charge in [-0.15, -0.1) is 0 Å². The number of carboxylic acids is 1. The summed E-state index contributed by atoms with van der Waals surface area (Å²) in [5.74, 6) is -0.395. The van der Waals surface area contributed by atoms with E-state index in [0.29, 0.717) is 35.8 Å². The lowest BCUT2D eigenvalue weighted by Crippen LogP contribution is -2.30. The van der Waals surface area contributed by atoms with Crippen LogP contribution >= 0.6 is 0 Å². The molecule has 0 unspecified atom stereocenters. The Morgan fingerprint density at radius 3 is 2.35 bits per heavy atom. The van der Waals surface area contributed by atoms with Gasteiger partial charge < -0.3 is 30.1 Å². The number of carboxylic acid groups (broad SMARTS) is 1. The molecule has 3 aromatic rings. The third-order valence-corrected chi connectivity index (χ3v) is 5.70. The van der Waals surface area contributed by atoms with Crippen LogP contribution in [0.2, 0.25) is 0 Å². The predicted molar refractivity (Wildman–Crippen MR) is 142 cm³/mol. The number of anilines is 2. The Labute approximate surface area is 216 Å². The topological polar surface area (TPSA) is 117 Å². The number of urea groups is 1. The third-order valence-electron chi connectivity index (χ3n) is 5.70. The lowest BCUT2D eigenvalue weighted by atomic mass is 10.1. The summed E-state index contributed by atoms with van der Waals surface area (Å²) in [6.07, 6.45) is 0.698. The summed E-state index contributed by atoms with van der Waals surface area (Å²) in [6, 6.07) is 18.7. The lowest BCUT2D eigenvalue weighted by Gasteiger charge is -2.18. The van der Waals surface area contributed by atoms with Crippen molar-refractivity contribution in [1.29, 1.82) is 0 Å². The summed E-state index contributed by atoms with van der Waals surface area (Å²) in [5.41, 5.74) is 2.98. The Hall–Kier alpha value is -4.53. The number of carbonyl (C=O) groups excluding carboxylic acids is 2. The van der Waals surface area contributed by atoms with Gasteiger partial charge in [0.1, 0.15) is 17.1 Å². The number of ether oxygens (including phenoxy) is 2. The summed E-state index contributed by atoms with van der Waals surface area (Å²) < 4.78 is 11.0. The van der Waals surface area contributed by atoms with Crippen LogP contribution in [0.15, 0.2) is 66.7 Å². The molecule has 0 fully saturated rings. The zero-order valence-electron chi connectivity index (χ0n) is 21.1. The Bertz CT molecular complexity index is 1260.